The molecule has 20 heavy (non-hydrogen) atoms. The van der Waals surface area contributed by atoms with Crippen molar-refractivity contribution in [3.63, 3.8) is 0 Å². The van der Waals surface area contributed by atoms with E-state index < -0.39 is 0 Å². The van der Waals surface area contributed by atoms with Gasteiger partial charge in [0, 0.05) is 39.3 Å². The van der Waals surface area contributed by atoms with E-state index in [0.717, 1.165) is 52.4 Å². The summed E-state index contributed by atoms with van der Waals surface area (Å²) in [5.74, 6) is 0.700. The maximum absolute atomic E-state index is 5.83. The number of nitrogens with zero attached hydrogens (tertiary/aromatic N) is 2. The summed E-state index contributed by atoms with van der Waals surface area (Å²) in [4.78, 5) is 4.85. The van der Waals surface area contributed by atoms with Gasteiger partial charge < -0.3 is 15.0 Å². The Morgan fingerprint density at radius 1 is 1.50 bits per heavy atom. The Hall–Kier alpha value is -0.420. The Morgan fingerprint density at radius 3 is 2.90 bits per heavy atom. The highest BCUT2D eigenvalue weighted by Gasteiger charge is 2.20. The third-order valence-corrected chi connectivity index (χ3v) is 3.49. The molecule has 0 spiro atoms. The lowest BCUT2D eigenvalue weighted by Gasteiger charge is -2.34. The Balaban J connectivity index is 2.18. The van der Waals surface area contributed by atoms with Gasteiger partial charge in [0.25, 0.3) is 0 Å². The van der Waals surface area contributed by atoms with Gasteiger partial charge in [0.2, 0.25) is 0 Å². The van der Waals surface area contributed by atoms with Gasteiger partial charge in [-0.25, -0.2) is 0 Å². The molecule has 4 nitrogen and oxygen atoms in total. The largest absolute Gasteiger partial charge is 0.374 e. The molecule has 0 bridgehead atoms. The zero-order valence-electron chi connectivity index (χ0n) is 13.8. The number of rotatable bonds is 9. The van der Waals surface area contributed by atoms with Gasteiger partial charge in [0.1, 0.15) is 0 Å². The van der Waals surface area contributed by atoms with Gasteiger partial charge in [-0.1, -0.05) is 26.0 Å². The number of nitrogens with one attached hydrogen (secondary N) is 1. The van der Waals surface area contributed by atoms with E-state index in [1.165, 1.54) is 5.57 Å². The molecule has 4 heteroatoms. The van der Waals surface area contributed by atoms with Crippen LogP contribution in [0.1, 0.15) is 20.8 Å². The van der Waals surface area contributed by atoms with Crippen LogP contribution in [0.4, 0.5) is 0 Å². The fraction of sp³-hybridized carbons (Fsp3) is 0.875. The minimum atomic E-state index is 0.342. The van der Waals surface area contributed by atoms with E-state index >= 15 is 0 Å². The Morgan fingerprint density at radius 2 is 2.25 bits per heavy atom. The second kappa shape index (κ2) is 9.50. The summed E-state index contributed by atoms with van der Waals surface area (Å²) >= 11 is 0. The van der Waals surface area contributed by atoms with Crippen LogP contribution in [0.2, 0.25) is 0 Å². The normalized spacial score (nSPS) is 20.8. The predicted octanol–water partition coefficient (Wildman–Crippen LogP) is 1.44. The van der Waals surface area contributed by atoms with Gasteiger partial charge in [-0.2, -0.15) is 0 Å². The first-order valence-corrected chi connectivity index (χ1v) is 7.85. The van der Waals surface area contributed by atoms with Crippen LogP contribution >= 0.6 is 0 Å². The van der Waals surface area contributed by atoms with Gasteiger partial charge >= 0.3 is 0 Å². The van der Waals surface area contributed by atoms with E-state index in [9.17, 15) is 0 Å². The lowest BCUT2D eigenvalue weighted by Crippen LogP contribution is -2.48. The molecule has 1 atom stereocenters. The van der Waals surface area contributed by atoms with E-state index in [1.54, 1.807) is 0 Å². The molecule has 0 aromatic rings. The maximum atomic E-state index is 5.83. The molecule has 0 aromatic carbocycles. The van der Waals surface area contributed by atoms with Crippen molar-refractivity contribution in [3.05, 3.63) is 12.2 Å². The number of ether oxygens (including phenoxy) is 1. The number of hydrogen-bond acceptors (Lipinski definition) is 4. The van der Waals surface area contributed by atoms with Crippen molar-refractivity contribution in [1.82, 2.24) is 15.1 Å². The van der Waals surface area contributed by atoms with Gasteiger partial charge in [-0.15, -0.1) is 0 Å². The second-order valence-electron chi connectivity index (χ2n) is 6.54. The summed E-state index contributed by atoms with van der Waals surface area (Å²) in [6.45, 7) is 18.7. The first-order chi connectivity index (χ1) is 9.47. The van der Waals surface area contributed by atoms with Gasteiger partial charge in [0.15, 0.2) is 0 Å². The lowest BCUT2D eigenvalue weighted by molar-refractivity contribution is -0.0287. The minimum Gasteiger partial charge on any atom is -0.374 e. The van der Waals surface area contributed by atoms with Crippen molar-refractivity contribution in [2.75, 3.05) is 59.5 Å². The van der Waals surface area contributed by atoms with E-state index in [0.29, 0.717) is 12.0 Å². The molecule has 0 aromatic heterocycles. The van der Waals surface area contributed by atoms with Crippen molar-refractivity contribution < 1.29 is 4.74 Å². The molecule has 1 N–H and O–H groups in total. The Kier molecular flexibility index (Phi) is 8.38. The number of morpholine rings is 1. The van der Waals surface area contributed by atoms with Gasteiger partial charge in [0.05, 0.1) is 12.7 Å². The monoisotopic (exact) mass is 283 g/mol. The molecular formula is C16H33N3O. The Labute approximate surface area is 125 Å². The van der Waals surface area contributed by atoms with Crippen LogP contribution < -0.4 is 5.32 Å². The quantitative estimate of drug-likeness (QED) is 0.648. The van der Waals surface area contributed by atoms with Gasteiger partial charge in [-0.3, -0.25) is 4.90 Å². The summed E-state index contributed by atoms with van der Waals surface area (Å²) in [5.41, 5.74) is 1.23. The zero-order valence-corrected chi connectivity index (χ0v) is 13.8. The standard InChI is InChI=1S/C16H33N3O/c1-14(2)10-17-11-16-13-19(8-9-20-16)7-6-18(5)12-15(3)4/h14,16-17H,3,6-13H2,1-2,4-5H3/t16-/m0/s1. The topological polar surface area (TPSA) is 27.7 Å². The molecular weight excluding hydrogens is 250 g/mol. The number of likely N-dealkylation sites (N-methyl/N-ethyl adjacent to an activating group) is 1. The van der Waals surface area contributed by atoms with Gasteiger partial charge in [-0.05, 0) is 26.4 Å². The molecule has 0 unspecified atom stereocenters. The molecule has 118 valence electrons. The lowest BCUT2D eigenvalue weighted by atomic mass is 10.2. The highest BCUT2D eigenvalue weighted by molar-refractivity contribution is 4.91. The van der Waals surface area contributed by atoms with Crippen LogP contribution in [0.3, 0.4) is 0 Å². The maximum Gasteiger partial charge on any atom is 0.0826 e. The molecule has 1 fully saturated rings. The van der Waals surface area contributed by atoms with Crippen LogP contribution in [0.25, 0.3) is 0 Å². The summed E-state index contributed by atoms with van der Waals surface area (Å²) in [6.07, 6.45) is 0.342. The van der Waals surface area contributed by atoms with E-state index in [4.69, 9.17) is 4.74 Å². The van der Waals surface area contributed by atoms with Crippen LogP contribution in [-0.2, 0) is 4.74 Å². The van der Waals surface area contributed by atoms with E-state index in [-0.39, 0.29) is 0 Å². The highest BCUT2D eigenvalue weighted by Crippen LogP contribution is 2.05. The van der Waals surface area contributed by atoms with E-state index in [2.05, 4.69) is 49.5 Å². The third kappa shape index (κ3) is 8.00. The van der Waals surface area contributed by atoms with Crippen LogP contribution in [0, 0.1) is 5.92 Å². The van der Waals surface area contributed by atoms with Crippen molar-refractivity contribution >= 4 is 0 Å². The SMILES string of the molecule is C=C(C)CN(C)CCN1CCO[C@@H](CNCC(C)C)C1. The molecule has 1 aliphatic rings. The van der Waals surface area contributed by atoms with Crippen molar-refractivity contribution in [2.45, 2.75) is 26.9 Å². The average molecular weight is 283 g/mol. The summed E-state index contributed by atoms with van der Waals surface area (Å²) in [7, 11) is 2.16. The Bertz CT molecular complexity index is 281. The molecule has 0 amide bonds. The molecule has 1 rings (SSSR count). The fourth-order valence-corrected chi connectivity index (χ4v) is 2.49. The predicted molar refractivity (Wildman–Crippen MR) is 86.2 cm³/mol. The van der Waals surface area contributed by atoms with Crippen molar-refractivity contribution in [2.24, 2.45) is 5.92 Å². The van der Waals surface area contributed by atoms with Crippen molar-refractivity contribution in [3.8, 4) is 0 Å². The van der Waals surface area contributed by atoms with Crippen LogP contribution in [0.5, 0.6) is 0 Å². The highest BCUT2D eigenvalue weighted by atomic mass is 16.5. The summed E-state index contributed by atoms with van der Waals surface area (Å²) < 4.78 is 5.83. The molecule has 1 aliphatic heterocycles. The minimum absolute atomic E-state index is 0.342. The summed E-state index contributed by atoms with van der Waals surface area (Å²) in [6, 6.07) is 0. The fourth-order valence-electron chi connectivity index (χ4n) is 2.49. The molecule has 0 radical (unpaired) electrons. The molecule has 1 heterocycles. The van der Waals surface area contributed by atoms with Crippen LogP contribution in [-0.4, -0.2) is 75.4 Å². The average Bonchev–Trinajstić information content (AvgIpc) is 2.36. The first-order valence-electron chi connectivity index (χ1n) is 7.85. The second-order valence-corrected chi connectivity index (χ2v) is 6.54. The molecule has 0 aliphatic carbocycles. The number of hydrogen-bond donors (Lipinski definition) is 1. The zero-order chi connectivity index (χ0) is 15.0. The third-order valence-electron chi connectivity index (χ3n) is 3.49. The van der Waals surface area contributed by atoms with E-state index in [1.807, 2.05) is 0 Å². The van der Waals surface area contributed by atoms with Crippen LogP contribution in [0.15, 0.2) is 12.2 Å². The summed E-state index contributed by atoms with van der Waals surface area (Å²) in [5, 5.41) is 3.49. The molecule has 0 saturated carbocycles. The smallest absolute Gasteiger partial charge is 0.0826 e. The first kappa shape index (κ1) is 17.6. The van der Waals surface area contributed by atoms with Crippen molar-refractivity contribution in [1.29, 1.82) is 0 Å². The molecule has 1 saturated heterocycles.